The first-order valence-corrected chi connectivity index (χ1v) is 8.13. The third kappa shape index (κ3) is 3.46. The molecule has 1 heterocycles. The van der Waals surface area contributed by atoms with Gasteiger partial charge in [0.1, 0.15) is 12.2 Å². The lowest BCUT2D eigenvalue weighted by atomic mass is 10.1. The molecule has 108 valence electrons. The summed E-state index contributed by atoms with van der Waals surface area (Å²) in [4.78, 5) is 13.2. The Morgan fingerprint density at radius 3 is 2.52 bits per heavy atom. The van der Waals surface area contributed by atoms with Crippen molar-refractivity contribution in [3.05, 3.63) is 65.7 Å². The molecule has 1 fully saturated rings. The fraction of sp³-hybridized carbons (Fsp3) is 0.235. The van der Waals surface area contributed by atoms with E-state index >= 15 is 0 Å². The summed E-state index contributed by atoms with van der Waals surface area (Å²) in [6, 6.07) is 17.7. The summed E-state index contributed by atoms with van der Waals surface area (Å²) in [6.45, 7) is 0.544. The highest BCUT2D eigenvalue weighted by atomic mass is 32.2. The van der Waals surface area contributed by atoms with Gasteiger partial charge in [-0.1, -0.05) is 30.3 Å². The van der Waals surface area contributed by atoms with Gasteiger partial charge in [-0.3, -0.25) is 4.79 Å². The Bertz CT molecular complexity index is 612. The molecule has 2 unspecified atom stereocenters. The first-order chi connectivity index (χ1) is 10.3. The molecule has 1 saturated heterocycles. The Kier molecular flexibility index (Phi) is 4.27. The van der Waals surface area contributed by atoms with Gasteiger partial charge in [-0.05, 0) is 36.1 Å². The average molecular weight is 299 g/mol. The predicted octanol–water partition coefficient (Wildman–Crippen LogP) is 3.28. The summed E-state index contributed by atoms with van der Waals surface area (Å²) in [5.74, 6) is -0.0510. The fourth-order valence-corrected chi connectivity index (χ4v) is 2.68. The van der Waals surface area contributed by atoms with E-state index in [9.17, 15) is 4.79 Å². The lowest BCUT2D eigenvalue weighted by Gasteiger charge is -2.04. The number of hydrogen-bond donors (Lipinski definition) is 1. The van der Waals surface area contributed by atoms with Gasteiger partial charge in [-0.2, -0.15) is 0 Å². The zero-order valence-corrected chi connectivity index (χ0v) is 12.6. The minimum Gasteiger partial charge on any atom is -0.363 e. The number of ether oxygens (including phenoxy) is 1. The van der Waals surface area contributed by atoms with E-state index in [1.54, 1.807) is 11.8 Å². The second-order valence-corrected chi connectivity index (χ2v) is 5.82. The predicted molar refractivity (Wildman–Crippen MR) is 84.6 cm³/mol. The van der Waals surface area contributed by atoms with Gasteiger partial charge in [0.25, 0.3) is 5.91 Å². The van der Waals surface area contributed by atoms with Crippen LogP contribution in [0.15, 0.2) is 59.5 Å². The molecule has 3 rings (SSSR count). The van der Waals surface area contributed by atoms with Gasteiger partial charge in [0.05, 0.1) is 0 Å². The van der Waals surface area contributed by atoms with Crippen molar-refractivity contribution in [1.82, 2.24) is 5.32 Å². The van der Waals surface area contributed by atoms with Crippen LogP contribution in [0.3, 0.4) is 0 Å². The van der Waals surface area contributed by atoms with E-state index in [1.807, 2.05) is 60.9 Å². The van der Waals surface area contributed by atoms with Gasteiger partial charge in [-0.25, -0.2) is 0 Å². The summed E-state index contributed by atoms with van der Waals surface area (Å²) in [7, 11) is 0. The van der Waals surface area contributed by atoms with Crippen molar-refractivity contribution in [3.8, 4) is 0 Å². The van der Waals surface area contributed by atoms with E-state index in [2.05, 4.69) is 5.32 Å². The second-order valence-electron chi connectivity index (χ2n) is 4.94. The Morgan fingerprint density at radius 2 is 1.86 bits per heavy atom. The lowest BCUT2D eigenvalue weighted by Crippen LogP contribution is -2.27. The summed E-state index contributed by atoms with van der Waals surface area (Å²) in [5, 5.41) is 2.93. The molecule has 0 spiro atoms. The highest BCUT2D eigenvalue weighted by Crippen LogP contribution is 2.37. The number of carbonyl (C=O) groups excluding carboxylic acids is 1. The lowest BCUT2D eigenvalue weighted by molar-refractivity contribution is 0.0950. The van der Waals surface area contributed by atoms with Crippen LogP contribution in [0.2, 0.25) is 0 Å². The van der Waals surface area contributed by atoms with Gasteiger partial charge >= 0.3 is 0 Å². The van der Waals surface area contributed by atoms with Crippen molar-refractivity contribution in [2.24, 2.45) is 0 Å². The zero-order chi connectivity index (χ0) is 14.7. The molecular weight excluding hydrogens is 282 g/mol. The molecule has 1 aliphatic heterocycles. The van der Waals surface area contributed by atoms with Gasteiger partial charge < -0.3 is 10.1 Å². The molecule has 0 aliphatic carbocycles. The quantitative estimate of drug-likeness (QED) is 0.680. The molecule has 0 aromatic heterocycles. The third-order valence-electron chi connectivity index (χ3n) is 3.53. The zero-order valence-electron chi connectivity index (χ0n) is 11.8. The minimum absolute atomic E-state index is 0.0510. The number of hydrogen-bond acceptors (Lipinski definition) is 3. The first kappa shape index (κ1) is 14.2. The van der Waals surface area contributed by atoms with Crippen molar-refractivity contribution in [3.63, 3.8) is 0 Å². The molecule has 21 heavy (non-hydrogen) atoms. The maximum absolute atomic E-state index is 12.0. The number of rotatable bonds is 5. The Hall–Kier alpha value is -1.78. The van der Waals surface area contributed by atoms with Crippen molar-refractivity contribution in [2.45, 2.75) is 17.1 Å². The normalized spacial score (nSPS) is 20.0. The van der Waals surface area contributed by atoms with Crippen LogP contribution in [0.4, 0.5) is 0 Å². The molecule has 0 saturated carbocycles. The van der Waals surface area contributed by atoms with Crippen LogP contribution in [0.5, 0.6) is 0 Å². The summed E-state index contributed by atoms with van der Waals surface area (Å²) in [6.07, 6.45) is 2.22. The molecule has 2 aromatic rings. The van der Waals surface area contributed by atoms with Gasteiger partial charge in [0.2, 0.25) is 0 Å². The van der Waals surface area contributed by atoms with Crippen LogP contribution in [-0.4, -0.2) is 24.8 Å². The number of amides is 1. The summed E-state index contributed by atoms with van der Waals surface area (Å²) >= 11 is 1.66. The maximum atomic E-state index is 12.0. The molecule has 2 atom stereocenters. The molecular formula is C17H17NO2S. The first-order valence-electron chi connectivity index (χ1n) is 6.90. The van der Waals surface area contributed by atoms with Crippen LogP contribution < -0.4 is 5.32 Å². The standard InChI is InChI=1S/C17H17NO2S/c1-21-14-9-7-13(8-10-14)17(19)18-11-15-16(20-15)12-5-3-2-4-6-12/h2-10,15-16H,11H2,1H3,(H,18,19). The number of carbonyl (C=O) groups is 1. The number of thioether (sulfide) groups is 1. The molecule has 2 aromatic carbocycles. The van der Waals surface area contributed by atoms with Crippen molar-refractivity contribution in [2.75, 3.05) is 12.8 Å². The van der Waals surface area contributed by atoms with E-state index < -0.39 is 0 Å². The van der Waals surface area contributed by atoms with E-state index in [1.165, 1.54) is 5.56 Å². The van der Waals surface area contributed by atoms with Gasteiger partial charge in [-0.15, -0.1) is 11.8 Å². The summed E-state index contributed by atoms with van der Waals surface area (Å²) in [5.41, 5.74) is 1.85. The fourth-order valence-electron chi connectivity index (χ4n) is 2.27. The number of benzene rings is 2. The largest absolute Gasteiger partial charge is 0.363 e. The van der Waals surface area contributed by atoms with Crippen LogP contribution >= 0.6 is 11.8 Å². The molecule has 0 bridgehead atoms. The SMILES string of the molecule is CSc1ccc(C(=O)NCC2OC2c2ccccc2)cc1. The molecule has 1 aliphatic rings. The highest BCUT2D eigenvalue weighted by molar-refractivity contribution is 7.98. The van der Waals surface area contributed by atoms with Crippen LogP contribution in [0.25, 0.3) is 0 Å². The Morgan fingerprint density at radius 1 is 1.14 bits per heavy atom. The Balaban J connectivity index is 1.51. The third-order valence-corrected chi connectivity index (χ3v) is 4.27. The monoisotopic (exact) mass is 299 g/mol. The smallest absolute Gasteiger partial charge is 0.251 e. The molecule has 1 amide bonds. The van der Waals surface area contributed by atoms with E-state index in [0.717, 1.165) is 4.90 Å². The molecule has 4 heteroatoms. The van der Waals surface area contributed by atoms with E-state index in [0.29, 0.717) is 12.1 Å². The van der Waals surface area contributed by atoms with Crippen LogP contribution in [0, 0.1) is 0 Å². The van der Waals surface area contributed by atoms with Crippen LogP contribution in [-0.2, 0) is 4.74 Å². The number of epoxide rings is 1. The van der Waals surface area contributed by atoms with Crippen molar-refractivity contribution >= 4 is 17.7 Å². The topological polar surface area (TPSA) is 41.6 Å². The average Bonchev–Trinajstić information content (AvgIpc) is 3.33. The maximum Gasteiger partial charge on any atom is 0.251 e. The van der Waals surface area contributed by atoms with Crippen molar-refractivity contribution in [1.29, 1.82) is 0 Å². The van der Waals surface area contributed by atoms with Gasteiger partial charge in [0.15, 0.2) is 0 Å². The van der Waals surface area contributed by atoms with E-state index in [4.69, 9.17) is 4.74 Å². The van der Waals surface area contributed by atoms with Crippen LogP contribution in [0.1, 0.15) is 22.0 Å². The summed E-state index contributed by atoms with van der Waals surface area (Å²) < 4.78 is 5.61. The number of nitrogens with one attached hydrogen (secondary N) is 1. The molecule has 3 nitrogen and oxygen atoms in total. The van der Waals surface area contributed by atoms with Crippen molar-refractivity contribution < 1.29 is 9.53 Å². The molecule has 1 N–H and O–H groups in total. The second kappa shape index (κ2) is 6.33. The van der Waals surface area contributed by atoms with E-state index in [-0.39, 0.29) is 18.1 Å². The highest BCUT2D eigenvalue weighted by Gasteiger charge is 2.39. The minimum atomic E-state index is -0.0510. The molecule has 0 radical (unpaired) electrons. The Labute approximate surface area is 128 Å². The van der Waals surface area contributed by atoms with Gasteiger partial charge in [0, 0.05) is 17.0 Å².